The summed E-state index contributed by atoms with van der Waals surface area (Å²) in [6, 6.07) is -2.67. The monoisotopic (exact) mass is 489 g/mol. The third-order valence-electron chi connectivity index (χ3n) is 5.11. The summed E-state index contributed by atoms with van der Waals surface area (Å²) in [6.07, 6.45) is -0.402. The van der Waals surface area contributed by atoms with Crippen LogP contribution in [0.25, 0.3) is 0 Å². The van der Waals surface area contributed by atoms with E-state index in [0.29, 0.717) is 26.2 Å². The smallest absolute Gasteiger partial charge is 0.362 e. The molecule has 2 atom stereocenters. The van der Waals surface area contributed by atoms with Gasteiger partial charge in [-0.15, -0.1) is 11.3 Å². The molecule has 1 aromatic rings. The van der Waals surface area contributed by atoms with Gasteiger partial charge in [0.05, 0.1) is 12.5 Å². The van der Waals surface area contributed by atoms with Crippen LogP contribution in [-0.4, -0.2) is 108 Å². The van der Waals surface area contributed by atoms with E-state index in [9.17, 15) is 27.4 Å². The molecule has 0 spiro atoms. The number of β-lactam (4-membered cyclic amide) rings is 1. The molecule has 0 saturated carbocycles. The summed E-state index contributed by atoms with van der Waals surface area (Å²) in [7, 11) is -1.81. The van der Waals surface area contributed by atoms with E-state index in [-0.39, 0.29) is 20.8 Å². The van der Waals surface area contributed by atoms with Crippen molar-refractivity contribution in [3.8, 4) is 0 Å². The highest BCUT2D eigenvalue weighted by Crippen LogP contribution is 2.27. The number of nitrogen functional groups attached to an aromatic ring is 1. The molecule has 2 fully saturated rings. The Bertz CT molecular complexity index is 1030. The molecule has 3 heterocycles. The van der Waals surface area contributed by atoms with Crippen molar-refractivity contribution in [3.63, 3.8) is 0 Å². The fourth-order valence-corrected chi connectivity index (χ4v) is 4.85. The van der Waals surface area contributed by atoms with Gasteiger partial charge in [-0.1, -0.05) is 5.16 Å². The number of rotatable bonds is 7. The van der Waals surface area contributed by atoms with E-state index in [0.717, 1.165) is 11.3 Å². The maximum Gasteiger partial charge on any atom is 0.362 e. The fraction of sp³-hybridized carbons (Fsp3) is 0.562. The van der Waals surface area contributed by atoms with E-state index < -0.39 is 46.5 Å². The molecule has 0 aliphatic carbocycles. The van der Waals surface area contributed by atoms with E-state index in [2.05, 4.69) is 20.3 Å². The van der Waals surface area contributed by atoms with Crippen molar-refractivity contribution >= 4 is 50.2 Å². The lowest BCUT2D eigenvalue weighted by molar-refractivity contribution is -0.148. The number of nitrogens with one attached hydrogen (secondary N) is 1. The number of hydrogen-bond donors (Lipinski definition) is 3. The minimum atomic E-state index is -4.93. The van der Waals surface area contributed by atoms with Crippen molar-refractivity contribution in [2.24, 2.45) is 5.16 Å². The summed E-state index contributed by atoms with van der Waals surface area (Å²) in [6.45, 7) is 2.17. The Hall–Kier alpha value is -2.82. The van der Waals surface area contributed by atoms with Crippen LogP contribution in [0.1, 0.15) is 12.1 Å². The molecule has 2 aliphatic rings. The van der Waals surface area contributed by atoms with Gasteiger partial charge in [-0.2, -0.15) is 8.42 Å². The van der Waals surface area contributed by atoms with Crippen LogP contribution in [0.15, 0.2) is 10.5 Å². The maximum absolute atomic E-state index is 12.7. The first-order chi connectivity index (χ1) is 15.0. The number of amides is 3. The Morgan fingerprint density at radius 2 is 2.03 bits per heavy atom. The molecule has 3 rings (SSSR count). The Kier molecular flexibility index (Phi) is 6.97. The van der Waals surface area contributed by atoms with E-state index in [4.69, 9.17) is 5.73 Å². The van der Waals surface area contributed by atoms with Gasteiger partial charge < -0.3 is 25.7 Å². The first kappa shape index (κ1) is 23.8. The molecule has 2 saturated heterocycles. The standard InChI is InChI=1S/C16H23N7O7S2/c1-21-3-5-22(6-4-21)11(24)7-10-13(15(26)23(10)32(27,28)29)19-14(25)12(20-30-2)9-8-31-16(17)18-9/h8,10,13H,3-7H2,1-2H3,(H2,17,18)(H,19,25)(H,27,28,29)/b20-12-/t10-,13-/m1/s1. The second-order valence-electron chi connectivity index (χ2n) is 7.21. The number of oxime groups is 1. The second-order valence-corrected chi connectivity index (χ2v) is 9.39. The van der Waals surface area contributed by atoms with Crippen molar-refractivity contribution in [3.05, 3.63) is 11.1 Å². The second kappa shape index (κ2) is 9.35. The molecule has 0 unspecified atom stereocenters. The zero-order chi connectivity index (χ0) is 23.6. The predicted octanol–water partition coefficient (Wildman–Crippen LogP) is -2.26. The van der Waals surface area contributed by atoms with E-state index >= 15 is 0 Å². The number of aromatic nitrogens is 1. The summed E-state index contributed by atoms with van der Waals surface area (Å²) < 4.78 is 33.0. The predicted molar refractivity (Wildman–Crippen MR) is 113 cm³/mol. The molecule has 0 radical (unpaired) electrons. The minimum absolute atomic E-state index is 0.0929. The van der Waals surface area contributed by atoms with Gasteiger partial charge in [0.1, 0.15) is 18.8 Å². The SMILES string of the molecule is CO/N=C(\C(=O)N[C@H]1C(=O)N(S(=O)(=O)O)[C@@H]1CC(=O)N1CCN(C)CC1)c1csc(N)n1. The molecule has 3 amide bonds. The van der Waals surface area contributed by atoms with Crippen LogP contribution in [0, 0.1) is 0 Å². The van der Waals surface area contributed by atoms with Crippen LogP contribution in [0.3, 0.4) is 0 Å². The molecule has 32 heavy (non-hydrogen) atoms. The summed E-state index contributed by atoms with van der Waals surface area (Å²) in [5.41, 5.74) is 5.38. The highest BCUT2D eigenvalue weighted by Gasteiger charge is 2.55. The first-order valence-electron chi connectivity index (χ1n) is 9.43. The quantitative estimate of drug-likeness (QED) is 0.163. The van der Waals surface area contributed by atoms with Gasteiger partial charge in [-0.05, 0) is 7.05 Å². The Balaban J connectivity index is 1.77. The topological polar surface area (TPSA) is 188 Å². The molecule has 0 aromatic carbocycles. The number of carbonyl (C=O) groups is 3. The largest absolute Gasteiger partial charge is 0.398 e. The van der Waals surface area contributed by atoms with Gasteiger partial charge >= 0.3 is 10.3 Å². The third kappa shape index (κ3) is 4.98. The third-order valence-corrected chi connectivity index (χ3v) is 6.73. The van der Waals surface area contributed by atoms with Crippen molar-refractivity contribution in [2.75, 3.05) is 46.1 Å². The van der Waals surface area contributed by atoms with Crippen LogP contribution >= 0.6 is 11.3 Å². The summed E-state index contributed by atoms with van der Waals surface area (Å²) >= 11 is 1.05. The first-order valence-corrected chi connectivity index (χ1v) is 11.7. The van der Waals surface area contributed by atoms with Crippen LogP contribution < -0.4 is 11.1 Å². The summed E-state index contributed by atoms with van der Waals surface area (Å²) in [4.78, 5) is 50.0. The van der Waals surface area contributed by atoms with Gasteiger partial charge in [0.2, 0.25) is 5.91 Å². The lowest BCUT2D eigenvalue weighted by atomic mass is 9.94. The lowest BCUT2D eigenvalue weighted by Gasteiger charge is -2.44. The van der Waals surface area contributed by atoms with Crippen LogP contribution in [-0.2, 0) is 29.5 Å². The Morgan fingerprint density at radius 3 is 2.56 bits per heavy atom. The van der Waals surface area contributed by atoms with Crippen molar-refractivity contribution in [1.29, 1.82) is 0 Å². The van der Waals surface area contributed by atoms with Gasteiger partial charge in [0.15, 0.2) is 10.8 Å². The number of anilines is 1. The minimum Gasteiger partial charge on any atom is -0.398 e. The summed E-state index contributed by atoms with van der Waals surface area (Å²) in [5, 5.41) is 7.58. The van der Waals surface area contributed by atoms with Crippen LogP contribution in [0.4, 0.5) is 5.13 Å². The Labute approximate surface area is 187 Å². The number of carbonyl (C=O) groups excluding carboxylic acids is 3. The molecule has 14 nitrogen and oxygen atoms in total. The molecule has 1 aromatic heterocycles. The molecular weight excluding hydrogens is 466 g/mol. The number of nitrogens with zero attached hydrogens (tertiary/aromatic N) is 5. The highest BCUT2D eigenvalue weighted by molar-refractivity contribution is 7.84. The molecule has 176 valence electrons. The molecule has 0 bridgehead atoms. The van der Waals surface area contributed by atoms with Crippen molar-refractivity contribution in [1.82, 2.24) is 24.4 Å². The van der Waals surface area contributed by atoms with Gasteiger partial charge in [0.25, 0.3) is 11.8 Å². The van der Waals surface area contributed by atoms with E-state index in [1.54, 1.807) is 4.90 Å². The number of thiazole rings is 1. The van der Waals surface area contributed by atoms with Crippen LogP contribution in [0.2, 0.25) is 0 Å². The van der Waals surface area contributed by atoms with E-state index in [1.165, 1.54) is 12.5 Å². The Morgan fingerprint density at radius 1 is 1.38 bits per heavy atom. The number of nitrogens with two attached hydrogens (primary N) is 1. The molecule has 2 aliphatic heterocycles. The normalized spacial score (nSPS) is 22.5. The zero-order valence-electron chi connectivity index (χ0n) is 17.3. The van der Waals surface area contributed by atoms with Gasteiger partial charge in [-0.3, -0.25) is 18.9 Å². The average Bonchev–Trinajstić information content (AvgIpc) is 3.14. The number of hydrogen-bond acceptors (Lipinski definition) is 11. The summed E-state index contributed by atoms with van der Waals surface area (Å²) in [5.74, 6) is -2.37. The fourth-order valence-electron chi connectivity index (χ4n) is 3.43. The van der Waals surface area contributed by atoms with Gasteiger partial charge in [0, 0.05) is 31.6 Å². The number of likely N-dealkylation sites (N-methyl/N-ethyl adjacent to an activating group) is 1. The van der Waals surface area contributed by atoms with E-state index in [1.807, 2.05) is 11.9 Å². The molecule has 16 heteroatoms. The average molecular weight is 490 g/mol. The van der Waals surface area contributed by atoms with Crippen molar-refractivity contribution < 1.29 is 32.2 Å². The highest BCUT2D eigenvalue weighted by atomic mass is 32.2. The molecular formula is C16H23N7O7S2. The lowest BCUT2D eigenvalue weighted by Crippen LogP contribution is -2.73. The van der Waals surface area contributed by atoms with Crippen LogP contribution in [0.5, 0.6) is 0 Å². The molecule has 4 N–H and O–H groups in total. The van der Waals surface area contributed by atoms with Crippen molar-refractivity contribution in [2.45, 2.75) is 18.5 Å². The zero-order valence-corrected chi connectivity index (χ0v) is 18.9. The number of piperazine rings is 1. The maximum atomic E-state index is 12.7. The van der Waals surface area contributed by atoms with Gasteiger partial charge in [-0.25, -0.2) is 9.29 Å².